The Kier molecular flexibility index (Phi) is 3.38. The molecular weight excluding hydrogens is 220 g/mol. The normalized spacial score (nSPS) is 36.8. The zero-order valence-corrected chi connectivity index (χ0v) is 10.1. The van der Waals surface area contributed by atoms with Crippen LogP contribution in [0.1, 0.15) is 32.6 Å². The second-order valence-electron chi connectivity index (χ2n) is 5.44. The summed E-state index contributed by atoms with van der Waals surface area (Å²) in [5, 5.41) is 11.4. The smallest absolute Gasteiger partial charge is 0.305 e. The third-order valence-electron chi connectivity index (χ3n) is 4.15. The molecule has 4 N–H and O–H groups in total. The van der Waals surface area contributed by atoms with Gasteiger partial charge in [0.1, 0.15) is 0 Å². The lowest BCUT2D eigenvalue weighted by molar-refractivity contribution is -0.137. The summed E-state index contributed by atoms with van der Waals surface area (Å²) in [5.41, 5.74) is 6.06. The summed E-state index contributed by atoms with van der Waals surface area (Å²) in [6.07, 6.45) is 3.25. The van der Waals surface area contributed by atoms with Gasteiger partial charge in [0.2, 0.25) is 5.91 Å². The van der Waals surface area contributed by atoms with Crippen LogP contribution in [0.4, 0.5) is 0 Å². The molecule has 0 heterocycles. The lowest BCUT2D eigenvalue weighted by atomic mass is 9.84. The van der Waals surface area contributed by atoms with Gasteiger partial charge < -0.3 is 16.2 Å². The molecule has 2 bridgehead atoms. The van der Waals surface area contributed by atoms with Crippen molar-refractivity contribution in [1.82, 2.24) is 5.32 Å². The quantitative estimate of drug-likeness (QED) is 0.660. The number of amides is 1. The van der Waals surface area contributed by atoms with Crippen molar-refractivity contribution >= 4 is 11.9 Å². The maximum absolute atomic E-state index is 12.1. The zero-order valence-electron chi connectivity index (χ0n) is 10.1. The predicted molar refractivity (Wildman–Crippen MR) is 62.2 cm³/mol. The van der Waals surface area contributed by atoms with Gasteiger partial charge in [-0.2, -0.15) is 0 Å². The molecule has 0 aliphatic heterocycles. The number of carboxylic acid groups (broad SMARTS) is 1. The van der Waals surface area contributed by atoms with E-state index in [0.717, 1.165) is 19.3 Å². The number of nitrogens with one attached hydrogen (secondary N) is 1. The van der Waals surface area contributed by atoms with Crippen LogP contribution in [-0.4, -0.2) is 29.1 Å². The van der Waals surface area contributed by atoms with Crippen LogP contribution in [0, 0.1) is 17.8 Å². The van der Waals surface area contributed by atoms with Crippen LogP contribution in [0.2, 0.25) is 0 Å². The lowest BCUT2D eigenvalue weighted by Crippen LogP contribution is -2.47. The number of carbonyl (C=O) groups is 2. The largest absolute Gasteiger partial charge is 0.481 e. The highest BCUT2D eigenvalue weighted by Gasteiger charge is 2.49. The van der Waals surface area contributed by atoms with Crippen LogP contribution in [0.15, 0.2) is 0 Å². The number of fused-ring (bicyclic) bond motifs is 2. The Morgan fingerprint density at radius 2 is 2.06 bits per heavy atom. The summed E-state index contributed by atoms with van der Waals surface area (Å²) in [5.74, 6) is -0.156. The Balaban J connectivity index is 1.90. The minimum atomic E-state index is -0.893. The second-order valence-corrected chi connectivity index (χ2v) is 5.44. The summed E-state index contributed by atoms with van der Waals surface area (Å²) >= 11 is 0. The molecule has 5 atom stereocenters. The van der Waals surface area contributed by atoms with Crippen LogP contribution in [-0.2, 0) is 9.59 Å². The third kappa shape index (κ3) is 2.44. The predicted octanol–water partition coefficient (Wildman–Crippen LogP) is 0.339. The van der Waals surface area contributed by atoms with Crippen LogP contribution >= 0.6 is 0 Å². The minimum absolute atomic E-state index is 0.0363. The van der Waals surface area contributed by atoms with Gasteiger partial charge in [0, 0.05) is 12.1 Å². The summed E-state index contributed by atoms with van der Waals surface area (Å²) in [4.78, 5) is 22.6. The van der Waals surface area contributed by atoms with E-state index in [-0.39, 0.29) is 30.3 Å². The van der Waals surface area contributed by atoms with Gasteiger partial charge in [-0.25, -0.2) is 0 Å². The number of nitrogens with two attached hydrogens (primary N) is 1. The van der Waals surface area contributed by atoms with Crippen molar-refractivity contribution in [1.29, 1.82) is 0 Å². The average molecular weight is 240 g/mol. The molecule has 0 aromatic carbocycles. The molecule has 17 heavy (non-hydrogen) atoms. The topological polar surface area (TPSA) is 92.4 Å². The lowest BCUT2D eigenvalue weighted by Gasteiger charge is -2.28. The van der Waals surface area contributed by atoms with Gasteiger partial charge in [-0.15, -0.1) is 0 Å². The first-order valence-corrected chi connectivity index (χ1v) is 6.26. The third-order valence-corrected chi connectivity index (χ3v) is 4.15. The van der Waals surface area contributed by atoms with Crippen LogP contribution in [0.3, 0.4) is 0 Å². The van der Waals surface area contributed by atoms with E-state index in [4.69, 9.17) is 10.8 Å². The van der Waals surface area contributed by atoms with Crippen molar-refractivity contribution in [3.63, 3.8) is 0 Å². The molecule has 0 radical (unpaired) electrons. The maximum atomic E-state index is 12.1. The minimum Gasteiger partial charge on any atom is -0.481 e. The molecule has 2 fully saturated rings. The molecule has 2 rings (SSSR count). The number of carboxylic acids is 1. The maximum Gasteiger partial charge on any atom is 0.305 e. The Morgan fingerprint density at radius 1 is 1.41 bits per heavy atom. The van der Waals surface area contributed by atoms with Gasteiger partial charge in [0.05, 0.1) is 12.3 Å². The number of hydrogen-bond donors (Lipinski definition) is 3. The van der Waals surface area contributed by atoms with E-state index in [9.17, 15) is 9.59 Å². The average Bonchev–Trinajstić information content (AvgIpc) is 2.75. The van der Waals surface area contributed by atoms with Crippen molar-refractivity contribution in [3.8, 4) is 0 Å². The van der Waals surface area contributed by atoms with E-state index >= 15 is 0 Å². The summed E-state index contributed by atoms with van der Waals surface area (Å²) in [6.45, 7) is 1.71. The molecule has 5 unspecified atom stereocenters. The van der Waals surface area contributed by atoms with Crippen LogP contribution in [0.25, 0.3) is 0 Å². The number of carbonyl (C=O) groups excluding carboxylic acids is 1. The van der Waals surface area contributed by atoms with Crippen molar-refractivity contribution in [2.75, 3.05) is 0 Å². The van der Waals surface area contributed by atoms with Crippen molar-refractivity contribution in [2.45, 2.75) is 44.7 Å². The molecule has 1 amide bonds. The SMILES string of the molecule is CC(CC(=O)O)NC(=O)C1C2CCC(C2)C1N. The van der Waals surface area contributed by atoms with E-state index in [0.29, 0.717) is 11.8 Å². The van der Waals surface area contributed by atoms with E-state index in [2.05, 4.69) is 5.32 Å². The van der Waals surface area contributed by atoms with E-state index in [1.165, 1.54) is 0 Å². The van der Waals surface area contributed by atoms with Crippen molar-refractivity contribution < 1.29 is 14.7 Å². The molecular formula is C12H20N2O3. The van der Waals surface area contributed by atoms with Gasteiger partial charge in [-0.3, -0.25) is 9.59 Å². The molecule has 0 aromatic rings. The molecule has 5 nitrogen and oxygen atoms in total. The Hall–Kier alpha value is -1.10. The van der Waals surface area contributed by atoms with Gasteiger partial charge in [0.15, 0.2) is 0 Å². The molecule has 0 aromatic heterocycles. The first kappa shape index (κ1) is 12.4. The summed E-state index contributed by atoms with van der Waals surface area (Å²) in [6, 6.07) is -0.364. The van der Waals surface area contributed by atoms with Crippen molar-refractivity contribution in [2.24, 2.45) is 23.5 Å². The Labute approximate surface area is 101 Å². The molecule has 2 aliphatic rings. The fraction of sp³-hybridized carbons (Fsp3) is 0.833. The highest BCUT2D eigenvalue weighted by atomic mass is 16.4. The second kappa shape index (κ2) is 4.64. The van der Waals surface area contributed by atoms with Gasteiger partial charge in [0.25, 0.3) is 0 Å². The van der Waals surface area contributed by atoms with E-state index in [1.807, 2.05) is 0 Å². The van der Waals surface area contributed by atoms with Gasteiger partial charge in [-0.05, 0) is 38.0 Å². The van der Waals surface area contributed by atoms with E-state index < -0.39 is 5.97 Å². The standard InChI is InChI=1S/C12H20N2O3/c1-6(4-9(15)16)14-12(17)10-7-2-3-8(5-7)11(10)13/h6-8,10-11H,2-5,13H2,1H3,(H,14,17)(H,15,16). The monoisotopic (exact) mass is 240 g/mol. The fourth-order valence-corrected chi connectivity index (χ4v) is 3.38. The fourth-order valence-electron chi connectivity index (χ4n) is 3.38. The molecule has 5 heteroatoms. The summed E-state index contributed by atoms with van der Waals surface area (Å²) < 4.78 is 0. The van der Waals surface area contributed by atoms with E-state index in [1.54, 1.807) is 6.92 Å². The molecule has 0 spiro atoms. The molecule has 2 saturated carbocycles. The van der Waals surface area contributed by atoms with Crippen LogP contribution in [0.5, 0.6) is 0 Å². The Bertz CT molecular complexity index is 330. The number of aliphatic carboxylic acids is 1. The first-order chi connectivity index (χ1) is 7.99. The van der Waals surface area contributed by atoms with Crippen molar-refractivity contribution in [3.05, 3.63) is 0 Å². The summed E-state index contributed by atoms with van der Waals surface area (Å²) in [7, 11) is 0. The molecule has 0 saturated heterocycles. The van der Waals surface area contributed by atoms with Gasteiger partial charge >= 0.3 is 5.97 Å². The highest BCUT2D eigenvalue weighted by Crippen LogP contribution is 2.47. The number of rotatable bonds is 4. The Morgan fingerprint density at radius 3 is 2.59 bits per heavy atom. The zero-order chi connectivity index (χ0) is 12.6. The van der Waals surface area contributed by atoms with Gasteiger partial charge in [-0.1, -0.05) is 0 Å². The molecule has 2 aliphatic carbocycles. The first-order valence-electron chi connectivity index (χ1n) is 6.26. The highest BCUT2D eigenvalue weighted by molar-refractivity contribution is 5.81. The van der Waals surface area contributed by atoms with Crippen LogP contribution < -0.4 is 11.1 Å². The number of hydrogen-bond acceptors (Lipinski definition) is 3. The molecule has 96 valence electrons.